The average molecular weight is 238 g/mol. The molecule has 1 aromatic rings. The SMILES string of the molecule is Fc1cccc(CCNCC2CNCCO2)c1. The number of hydrogen-bond acceptors (Lipinski definition) is 3. The first kappa shape index (κ1) is 12.5. The Bertz CT molecular complexity index is 340. The smallest absolute Gasteiger partial charge is 0.123 e. The molecule has 0 radical (unpaired) electrons. The average Bonchev–Trinajstić information content (AvgIpc) is 2.36. The monoisotopic (exact) mass is 238 g/mol. The molecular weight excluding hydrogens is 219 g/mol. The first-order valence-electron chi connectivity index (χ1n) is 6.12. The maximum absolute atomic E-state index is 12.9. The lowest BCUT2D eigenvalue weighted by molar-refractivity contribution is 0.0294. The molecule has 1 atom stereocenters. The van der Waals surface area contributed by atoms with Crippen molar-refractivity contribution in [2.45, 2.75) is 12.5 Å². The fourth-order valence-electron chi connectivity index (χ4n) is 1.94. The van der Waals surface area contributed by atoms with Crippen molar-refractivity contribution in [3.05, 3.63) is 35.6 Å². The summed E-state index contributed by atoms with van der Waals surface area (Å²) in [7, 11) is 0. The van der Waals surface area contributed by atoms with Crippen LogP contribution in [-0.2, 0) is 11.2 Å². The van der Waals surface area contributed by atoms with Crippen molar-refractivity contribution in [1.82, 2.24) is 10.6 Å². The molecule has 0 spiro atoms. The Balaban J connectivity index is 1.62. The second-order valence-corrected chi connectivity index (χ2v) is 4.28. The fourth-order valence-corrected chi connectivity index (χ4v) is 1.94. The van der Waals surface area contributed by atoms with Gasteiger partial charge in [-0.3, -0.25) is 0 Å². The van der Waals surface area contributed by atoms with Crippen molar-refractivity contribution in [3.8, 4) is 0 Å². The molecule has 0 aromatic heterocycles. The molecule has 3 nitrogen and oxygen atoms in total. The highest BCUT2D eigenvalue weighted by Gasteiger charge is 2.11. The summed E-state index contributed by atoms with van der Waals surface area (Å²) in [6.45, 7) is 4.34. The van der Waals surface area contributed by atoms with Crippen molar-refractivity contribution in [2.75, 3.05) is 32.8 Å². The van der Waals surface area contributed by atoms with Crippen molar-refractivity contribution < 1.29 is 9.13 Å². The van der Waals surface area contributed by atoms with Gasteiger partial charge < -0.3 is 15.4 Å². The first-order valence-corrected chi connectivity index (χ1v) is 6.12. The maximum atomic E-state index is 12.9. The number of rotatable bonds is 5. The minimum atomic E-state index is -0.165. The minimum absolute atomic E-state index is 0.165. The van der Waals surface area contributed by atoms with Crippen LogP contribution in [0.3, 0.4) is 0 Å². The van der Waals surface area contributed by atoms with Crippen molar-refractivity contribution in [2.24, 2.45) is 0 Å². The van der Waals surface area contributed by atoms with E-state index in [1.165, 1.54) is 6.07 Å². The van der Waals surface area contributed by atoms with Crippen LogP contribution >= 0.6 is 0 Å². The summed E-state index contributed by atoms with van der Waals surface area (Å²) in [6.07, 6.45) is 1.11. The van der Waals surface area contributed by atoms with Gasteiger partial charge >= 0.3 is 0 Å². The van der Waals surface area contributed by atoms with Gasteiger partial charge in [0.25, 0.3) is 0 Å². The highest BCUT2D eigenvalue weighted by atomic mass is 19.1. The Morgan fingerprint density at radius 3 is 3.18 bits per heavy atom. The number of morpholine rings is 1. The van der Waals surface area contributed by atoms with E-state index in [4.69, 9.17) is 4.74 Å². The second kappa shape index (κ2) is 6.69. The highest BCUT2D eigenvalue weighted by molar-refractivity contribution is 5.16. The molecule has 0 aliphatic carbocycles. The van der Waals surface area contributed by atoms with Crippen LogP contribution < -0.4 is 10.6 Å². The Morgan fingerprint density at radius 1 is 1.47 bits per heavy atom. The third-order valence-corrected chi connectivity index (χ3v) is 2.86. The van der Waals surface area contributed by atoms with Gasteiger partial charge in [0.15, 0.2) is 0 Å². The van der Waals surface area contributed by atoms with Gasteiger partial charge in [0.2, 0.25) is 0 Å². The Kier molecular flexibility index (Phi) is 4.91. The van der Waals surface area contributed by atoms with Crippen LogP contribution in [0.4, 0.5) is 4.39 Å². The maximum Gasteiger partial charge on any atom is 0.123 e. The fraction of sp³-hybridized carbons (Fsp3) is 0.538. The summed E-state index contributed by atoms with van der Waals surface area (Å²) in [5.74, 6) is -0.165. The molecule has 4 heteroatoms. The third-order valence-electron chi connectivity index (χ3n) is 2.86. The molecule has 1 unspecified atom stereocenters. The van der Waals surface area contributed by atoms with E-state index >= 15 is 0 Å². The van der Waals surface area contributed by atoms with Crippen LogP contribution in [0.5, 0.6) is 0 Å². The number of nitrogens with one attached hydrogen (secondary N) is 2. The zero-order valence-corrected chi connectivity index (χ0v) is 9.92. The molecule has 1 aromatic carbocycles. The van der Waals surface area contributed by atoms with E-state index in [0.29, 0.717) is 0 Å². The molecule has 1 heterocycles. The summed E-state index contributed by atoms with van der Waals surface area (Å²) in [6, 6.07) is 6.75. The summed E-state index contributed by atoms with van der Waals surface area (Å²) < 4.78 is 18.5. The van der Waals surface area contributed by atoms with Crippen molar-refractivity contribution >= 4 is 0 Å². The molecule has 17 heavy (non-hydrogen) atoms. The Hall–Kier alpha value is -0.970. The van der Waals surface area contributed by atoms with E-state index in [2.05, 4.69) is 10.6 Å². The standard InChI is InChI=1S/C13H19FN2O/c14-12-3-1-2-11(8-12)4-5-15-9-13-10-16-6-7-17-13/h1-3,8,13,15-16H,4-7,9-10H2. The molecule has 1 aliphatic heterocycles. The molecular formula is C13H19FN2O. The van der Waals surface area contributed by atoms with Crippen LogP contribution in [0, 0.1) is 5.82 Å². The zero-order chi connectivity index (χ0) is 11.9. The number of ether oxygens (including phenoxy) is 1. The van der Waals surface area contributed by atoms with E-state index in [0.717, 1.165) is 44.8 Å². The van der Waals surface area contributed by atoms with Crippen LogP contribution in [0.15, 0.2) is 24.3 Å². The number of benzene rings is 1. The molecule has 2 rings (SSSR count). The van der Waals surface area contributed by atoms with Gasteiger partial charge in [-0.2, -0.15) is 0 Å². The quantitative estimate of drug-likeness (QED) is 0.749. The van der Waals surface area contributed by atoms with Crippen molar-refractivity contribution in [1.29, 1.82) is 0 Å². The molecule has 1 saturated heterocycles. The summed E-state index contributed by atoms with van der Waals surface area (Å²) in [5.41, 5.74) is 1.03. The molecule has 1 fully saturated rings. The van der Waals surface area contributed by atoms with E-state index in [9.17, 15) is 4.39 Å². The molecule has 0 saturated carbocycles. The Labute approximate surface area is 101 Å². The van der Waals surface area contributed by atoms with Crippen LogP contribution in [0.25, 0.3) is 0 Å². The molecule has 0 bridgehead atoms. The lowest BCUT2D eigenvalue weighted by atomic mass is 10.1. The van der Waals surface area contributed by atoms with Gasteiger partial charge in [0.05, 0.1) is 12.7 Å². The van der Waals surface area contributed by atoms with Crippen LogP contribution in [-0.4, -0.2) is 38.9 Å². The minimum Gasteiger partial charge on any atom is -0.374 e. The van der Waals surface area contributed by atoms with E-state index < -0.39 is 0 Å². The second-order valence-electron chi connectivity index (χ2n) is 4.28. The summed E-state index contributed by atoms with van der Waals surface area (Å²) in [4.78, 5) is 0. The number of halogens is 1. The first-order chi connectivity index (χ1) is 8.34. The number of hydrogen-bond donors (Lipinski definition) is 2. The van der Waals surface area contributed by atoms with Gasteiger partial charge in [-0.1, -0.05) is 12.1 Å². The van der Waals surface area contributed by atoms with Crippen LogP contribution in [0.2, 0.25) is 0 Å². The van der Waals surface area contributed by atoms with Gasteiger partial charge in [0.1, 0.15) is 5.82 Å². The predicted molar refractivity (Wildman–Crippen MR) is 65.6 cm³/mol. The van der Waals surface area contributed by atoms with Gasteiger partial charge in [-0.15, -0.1) is 0 Å². The van der Waals surface area contributed by atoms with E-state index in [1.54, 1.807) is 12.1 Å². The zero-order valence-electron chi connectivity index (χ0n) is 9.92. The largest absolute Gasteiger partial charge is 0.374 e. The van der Waals surface area contributed by atoms with E-state index in [1.807, 2.05) is 6.07 Å². The summed E-state index contributed by atoms with van der Waals surface area (Å²) in [5, 5.41) is 6.62. The van der Waals surface area contributed by atoms with Gasteiger partial charge in [-0.05, 0) is 30.7 Å². The molecule has 94 valence electrons. The van der Waals surface area contributed by atoms with Gasteiger partial charge in [0, 0.05) is 19.6 Å². The molecule has 0 amide bonds. The lowest BCUT2D eigenvalue weighted by Crippen LogP contribution is -2.44. The predicted octanol–water partition coefficient (Wildman–Crippen LogP) is 0.946. The lowest BCUT2D eigenvalue weighted by Gasteiger charge is -2.23. The normalized spacial score (nSPS) is 20.4. The van der Waals surface area contributed by atoms with Crippen LogP contribution in [0.1, 0.15) is 5.56 Å². The van der Waals surface area contributed by atoms with Gasteiger partial charge in [-0.25, -0.2) is 4.39 Å². The topological polar surface area (TPSA) is 33.3 Å². The molecule has 2 N–H and O–H groups in total. The highest BCUT2D eigenvalue weighted by Crippen LogP contribution is 2.03. The Morgan fingerprint density at radius 2 is 2.41 bits per heavy atom. The summed E-state index contributed by atoms with van der Waals surface area (Å²) >= 11 is 0. The molecule has 1 aliphatic rings. The van der Waals surface area contributed by atoms with Crippen molar-refractivity contribution in [3.63, 3.8) is 0 Å². The third kappa shape index (κ3) is 4.42. The van der Waals surface area contributed by atoms with E-state index in [-0.39, 0.29) is 11.9 Å².